The van der Waals surface area contributed by atoms with E-state index >= 15 is 0 Å². The van der Waals surface area contributed by atoms with E-state index in [0.717, 1.165) is 0 Å². The fourth-order valence-corrected chi connectivity index (χ4v) is 2.64. The lowest BCUT2D eigenvalue weighted by Crippen LogP contribution is -2.35. The minimum atomic E-state index is -0.461. The number of methoxy groups -OCH3 is 1. The van der Waals surface area contributed by atoms with Gasteiger partial charge < -0.3 is 9.47 Å². The topological polar surface area (TPSA) is 67.9 Å². The molecule has 3 rings (SSSR count). The summed E-state index contributed by atoms with van der Waals surface area (Å²) in [6.45, 7) is 3.79. The fraction of sp³-hybridized carbons (Fsp3) is 0.200. The van der Waals surface area contributed by atoms with Crippen LogP contribution in [0.2, 0.25) is 0 Å². The molecule has 1 N–H and O–H groups in total. The summed E-state index contributed by atoms with van der Waals surface area (Å²) in [5, 5.41) is 1.23. The molecule has 134 valence electrons. The van der Waals surface area contributed by atoms with E-state index in [1.807, 2.05) is 19.9 Å². The molecule has 2 aromatic rings. The molecule has 0 radical (unpaired) electrons. The summed E-state index contributed by atoms with van der Waals surface area (Å²) in [6.07, 6.45) is 1.44. The van der Waals surface area contributed by atoms with Crippen LogP contribution >= 0.6 is 0 Å². The lowest BCUT2D eigenvalue weighted by atomic mass is 10.1. The Bertz CT molecular complexity index is 859. The monoisotopic (exact) mass is 352 g/mol. The van der Waals surface area contributed by atoms with Gasteiger partial charge in [-0.2, -0.15) is 0 Å². The maximum absolute atomic E-state index is 12.7. The smallest absolute Gasteiger partial charge is 0.282 e. The van der Waals surface area contributed by atoms with E-state index in [-0.39, 0.29) is 11.7 Å². The molecule has 6 heteroatoms. The van der Waals surface area contributed by atoms with Crippen molar-refractivity contribution in [2.75, 3.05) is 12.1 Å². The number of hydrazine groups is 1. The molecule has 1 fully saturated rings. The van der Waals surface area contributed by atoms with Crippen LogP contribution in [0.3, 0.4) is 0 Å². The van der Waals surface area contributed by atoms with Crippen LogP contribution in [0.1, 0.15) is 19.4 Å². The highest BCUT2D eigenvalue weighted by atomic mass is 16.5. The van der Waals surface area contributed by atoms with Crippen molar-refractivity contribution in [3.8, 4) is 11.5 Å². The number of benzene rings is 2. The minimum Gasteiger partial charge on any atom is -0.493 e. The largest absolute Gasteiger partial charge is 0.493 e. The average Bonchev–Trinajstić information content (AvgIpc) is 2.91. The third-order valence-corrected chi connectivity index (χ3v) is 3.79. The van der Waals surface area contributed by atoms with E-state index in [1.54, 1.807) is 49.6 Å². The summed E-state index contributed by atoms with van der Waals surface area (Å²) in [7, 11) is 1.55. The predicted molar refractivity (Wildman–Crippen MR) is 98.8 cm³/mol. The third kappa shape index (κ3) is 3.39. The molecular formula is C20H20N2O4. The van der Waals surface area contributed by atoms with Crippen molar-refractivity contribution in [1.29, 1.82) is 0 Å². The zero-order valence-electron chi connectivity index (χ0n) is 14.9. The Balaban J connectivity index is 2.00. The molecule has 1 aliphatic heterocycles. The Kier molecular flexibility index (Phi) is 4.93. The molecule has 0 spiro atoms. The maximum atomic E-state index is 12.7. The highest BCUT2D eigenvalue weighted by Crippen LogP contribution is 2.34. The van der Waals surface area contributed by atoms with Crippen LogP contribution in [-0.4, -0.2) is 25.0 Å². The number of carbonyl (C=O) groups is 2. The van der Waals surface area contributed by atoms with Crippen LogP contribution in [0.4, 0.5) is 5.69 Å². The molecule has 2 aromatic carbocycles. The van der Waals surface area contributed by atoms with Crippen LogP contribution in [0, 0.1) is 0 Å². The first-order valence-electron chi connectivity index (χ1n) is 8.27. The SMILES string of the molecule is COc1cccc(/C=C2\C(=O)NN(c3ccccc3)C2=O)c1OC(C)C. The van der Waals surface area contributed by atoms with Crippen LogP contribution in [-0.2, 0) is 9.59 Å². The Morgan fingerprint density at radius 2 is 1.77 bits per heavy atom. The van der Waals surface area contributed by atoms with Gasteiger partial charge in [0.2, 0.25) is 0 Å². The summed E-state index contributed by atoms with van der Waals surface area (Å²) in [5.74, 6) is 0.159. The van der Waals surface area contributed by atoms with Crippen LogP contribution in [0.25, 0.3) is 6.08 Å². The number of ether oxygens (including phenoxy) is 2. The fourth-order valence-electron chi connectivity index (χ4n) is 2.64. The molecule has 1 saturated heterocycles. The summed E-state index contributed by atoms with van der Waals surface area (Å²) in [6, 6.07) is 14.3. The van der Waals surface area contributed by atoms with Gasteiger partial charge in [0.25, 0.3) is 11.8 Å². The summed E-state index contributed by atoms with van der Waals surface area (Å²) >= 11 is 0. The Labute approximate surface area is 152 Å². The Morgan fingerprint density at radius 1 is 1.04 bits per heavy atom. The number of anilines is 1. The molecule has 2 amide bonds. The number of para-hydroxylation sites is 2. The average molecular weight is 352 g/mol. The van der Waals surface area contributed by atoms with Gasteiger partial charge in [-0.3, -0.25) is 15.0 Å². The molecule has 0 unspecified atom stereocenters. The highest BCUT2D eigenvalue weighted by Gasteiger charge is 2.34. The van der Waals surface area contributed by atoms with Gasteiger partial charge >= 0.3 is 0 Å². The second-order valence-electron chi connectivity index (χ2n) is 6.02. The summed E-state index contributed by atoms with van der Waals surface area (Å²) in [4.78, 5) is 25.1. The van der Waals surface area contributed by atoms with E-state index in [9.17, 15) is 9.59 Å². The van der Waals surface area contributed by atoms with Gasteiger partial charge in [-0.05, 0) is 38.1 Å². The number of rotatable bonds is 5. The van der Waals surface area contributed by atoms with Crippen LogP contribution < -0.4 is 19.9 Å². The van der Waals surface area contributed by atoms with Gasteiger partial charge in [0.05, 0.1) is 18.9 Å². The number of hydrogen-bond acceptors (Lipinski definition) is 4. The van der Waals surface area contributed by atoms with Crippen molar-refractivity contribution in [3.05, 3.63) is 59.7 Å². The second-order valence-corrected chi connectivity index (χ2v) is 6.02. The van der Waals surface area contributed by atoms with E-state index < -0.39 is 11.8 Å². The van der Waals surface area contributed by atoms with Crippen molar-refractivity contribution >= 4 is 23.6 Å². The molecule has 1 heterocycles. The molecular weight excluding hydrogens is 332 g/mol. The first kappa shape index (κ1) is 17.5. The zero-order chi connectivity index (χ0) is 18.7. The van der Waals surface area contributed by atoms with E-state index in [2.05, 4.69) is 5.43 Å². The number of hydrogen-bond donors (Lipinski definition) is 1. The molecule has 0 saturated carbocycles. The van der Waals surface area contributed by atoms with Crippen molar-refractivity contribution in [3.63, 3.8) is 0 Å². The number of nitrogens with zero attached hydrogens (tertiary/aromatic N) is 1. The van der Waals surface area contributed by atoms with Gasteiger partial charge in [0, 0.05) is 5.56 Å². The van der Waals surface area contributed by atoms with Crippen molar-refractivity contribution in [2.45, 2.75) is 20.0 Å². The minimum absolute atomic E-state index is 0.0377. The van der Waals surface area contributed by atoms with Gasteiger partial charge in [0.1, 0.15) is 5.57 Å². The van der Waals surface area contributed by atoms with Gasteiger partial charge in [0.15, 0.2) is 11.5 Å². The summed E-state index contributed by atoms with van der Waals surface area (Å²) in [5.41, 5.74) is 3.82. The molecule has 26 heavy (non-hydrogen) atoms. The van der Waals surface area contributed by atoms with Crippen molar-refractivity contribution < 1.29 is 19.1 Å². The van der Waals surface area contributed by atoms with Crippen molar-refractivity contribution in [1.82, 2.24) is 5.43 Å². The highest BCUT2D eigenvalue weighted by molar-refractivity contribution is 6.31. The maximum Gasteiger partial charge on any atom is 0.282 e. The van der Waals surface area contributed by atoms with Gasteiger partial charge in [-0.25, -0.2) is 5.01 Å². The normalized spacial score (nSPS) is 15.5. The molecule has 0 atom stereocenters. The predicted octanol–water partition coefficient (Wildman–Crippen LogP) is 2.94. The number of amides is 2. The van der Waals surface area contributed by atoms with E-state index in [4.69, 9.17) is 9.47 Å². The first-order valence-corrected chi connectivity index (χ1v) is 8.27. The third-order valence-electron chi connectivity index (χ3n) is 3.79. The summed E-state index contributed by atoms with van der Waals surface area (Å²) < 4.78 is 11.2. The Morgan fingerprint density at radius 3 is 2.42 bits per heavy atom. The molecule has 6 nitrogen and oxygen atoms in total. The quantitative estimate of drug-likeness (QED) is 0.664. The van der Waals surface area contributed by atoms with Gasteiger partial charge in [-0.15, -0.1) is 0 Å². The van der Waals surface area contributed by atoms with Gasteiger partial charge in [-0.1, -0.05) is 30.3 Å². The number of nitrogens with one attached hydrogen (secondary N) is 1. The van der Waals surface area contributed by atoms with E-state index in [1.165, 1.54) is 11.1 Å². The standard InChI is InChI=1S/C20H20N2O4/c1-13(2)26-18-14(8-7-11-17(18)25-3)12-16-19(23)21-22(20(16)24)15-9-5-4-6-10-15/h4-13H,1-3H3,(H,21,23)/b16-12+. The molecule has 0 aromatic heterocycles. The van der Waals surface area contributed by atoms with Crippen molar-refractivity contribution in [2.24, 2.45) is 0 Å². The molecule has 0 bridgehead atoms. The first-order chi connectivity index (χ1) is 12.5. The molecule has 0 aliphatic carbocycles. The van der Waals surface area contributed by atoms with Crippen LogP contribution in [0.5, 0.6) is 11.5 Å². The van der Waals surface area contributed by atoms with Crippen LogP contribution in [0.15, 0.2) is 54.1 Å². The number of carbonyl (C=O) groups excluding carboxylic acids is 2. The van der Waals surface area contributed by atoms with E-state index in [0.29, 0.717) is 22.7 Å². The lowest BCUT2D eigenvalue weighted by Gasteiger charge is -2.16. The Hall–Kier alpha value is -3.28. The molecule has 1 aliphatic rings. The zero-order valence-corrected chi connectivity index (χ0v) is 14.9. The lowest BCUT2D eigenvalue weighted by molar-refractivity contribution is -0.117. The second kappa shape index (κ2) is 7.31.